The van der Waals surface area contributed by atoms with Gasteiger partial charge in [0.2, 0.25) is 5.91 Å². The standard InChI is InChI=1S/C27H36ClN3O5S/c1-15(2)31(25(34)20(14-37)29-26(35)36-27(5,6)7)22(18-12-8-11-17(4)23(18)32)24(33)30-21-16(3)10-9-13-19(21)28/h8-13,15,20,22,32,37H,14H2,1-7H3,(H,29,35)(H,30,33). The first-order chi connectivity index (χ1) is 17.2. The van der Waals surface area contributed by atoms with Crippen LogP contribution in [0.2, 0.25) is 5.02 Å². The molecule has 0 radical (unpaired) electrons. The van der Waals surface area contributed by atoms with Gasteiger partial charge < -0.3 is 25.4 Å². The van der Waals surface area contributed by atoms with E-state index in [1.165, 1.54) is 4.90 Å². The van der Waals surface area contributed by atoms with Gasteiger partial charge in [0.25, 0.3) is 5.91 Å². The van der Waals surface area contributed by atoms with Crippen molar-refractivity contribution in [3.63, 3.8) is 0 Å². The van der Waals surface area contributed by atoms with Crippen molar-refractivity contribution < 1.29 is 24.2 Å². The Kier molecular flexibility index (Phi) is 10.3. The second-order valence-electron chi connectivity index (χ2n) is 10.1. The van der Waals surface area contributed by atoms with E-state index >= 15 is 0 Å². The minimum Gasteiger partial charge on any atom is -0.507 e. The summed E-state index contributed by atoms with van der Waals surface area (Å²) in [6, 6.07) is 7.36. The highest BCUT2D eigenvalue weighted by Crippen LogP contribution is 2.35. The van der Waals surface area contributed by atoms with Gasteiger partial charge in [-0.15, -0.1) is 0 Å². The highest BCUT2D eigenvalue weighted by Gasteiger charge is 2.39. The number of amides is 3. The minimum atomic E-state index is -1.24. The molecule has 2 rings (SSSR count). The molecule has 2 aromatic carbocycles. The molecule has 0 aliphatic carbocycles. The van der Waals surface area contributed by atoms with E-state index in [0.717, 1.165) is 5.56 Å². The Morgan fingerprint density at radius 3 is 2.22 bits per heavy atom. The van der Waals surface area contributed by atoms with Crippen LogP contribution in [0.25, 0.3) is 0 Å². The molecule has 0 aromatic heterocycles. The number of hydrogen-bond acceptors (Lipinski definition) is 6. The molecule has 0 saturated heterocycles. The average molecular weight is 550 g/mol. The molecule has 0 spiro atoms. The van der Waals surface area contributed by atoms with E-state index in [9.17, 15) is 19.5 Å². The molecule has 2 aromatic rings. The van der Waals surface area contributed by atoms with Crippen molar-refractivity contribution in [2.45, 2.75) is 72.2 Å². The predicted octanol–water partition coefficient (Wildman–Crippen LogP) is 5.40. The number of carbonyl (C=O) groups is 3. The maximum atomic E-state index is 13.8. The number of halogens is 1. The second-order valence-corrected chi connectivity index (χ2v) is 10.8. The first kappa shape index (κ1) is 30.3. The number of rotatable bonds is 8. The van der Waals surface area contributed by atoms with Crippen molar-refractivity contribution in [1.82, 2.24) is 10.2 Å². The number of nitrogens with one attached hydrogen (secondary N) is 2. The normalized spacial score (nSPS) is 13.0. The van der Waals surface area contributed by atoms with Crippen molar-refractivity contribution in [1.29, 1.82) is 0 Å². The molecule has 8 nitrogen and oxygen atoms in total. The van der Waals surface area contributed by atoms with Gasteiger partial charge in [0.1, 0.15) is 23.4 Å². The number of aryl methyl sites for hydroxylation is 2. The van der Waals surface area contributed by atoms with E-state index in [2.05, 4.69) is 23.3 Å². The summed E-state index contributed by atoms with van der Waals surface area (Å²) in [5, 5.41) is 16.6. The zero-order chi connectivity index (χ0) is 28.1. The number of ether oxygens (including phenoxy) is 1. The SMILES string of the molecule is Cc1cccc(C(C(=O)Nc2c(C)cccc2Cl)N(C(=O)C(CS)NC(=O)OC(C)(C)C)C(C)C)c1O. The van der Waals surface area contributed by atoms with Crippen LogP contribution < -0.4 is 10.6 Å². The topological polar surface area (TPSA) is 108 Å². The van der Waals surface area contributed by atoms with Gasteiger partial charge in [0.05, 0.1) is 10.7 Å². The molecule has 3 N–H and O–H groups in total. The van der Waals surface area contributed by atoms with E-state index in [0.29, 0.717) is 16.3 Å². The van der Waals surface area contributed by atoms with Crippen LogP contribution in [0.3, 0.4) is 0 Å². The van der Waals surface area contributed by atoms with Gasteiger partial charge in [0.15, 0.2) is 0 Å². The number of hydrogen-bond donors (Lipinski definition) is 4. The lowest BCUT2D eigenvalue weighted by molar-refractivity contribution is -0.142. The zero-order valence-electron chi connectivity index (χ0n) is 22.3. The van der Waals surface area contributed by atoms with Crippen LogP contribution in [0.4, 0.5) is 10.5 Å². The number of para-hydroxylation sites is 2. The Morgan fingerprint density at radius 1 is 1.08 bits per heavy atom. The molecule has 37 heavy (non-hydrogen) atoms. The summed E-state index contributed by atoms with van der Waals surface area (Å²) in [5.74, 6) is -1.29. The number of thiol groups is 1. The summed E-state index contributed by atoms with van der Waals surface area (Å²) in [5.41, 5.74) is 1.14. The van der Waals surface area contributed by atoms with Gasteiger partial charge in [-0.25, -0.2) is 4.79 Å². The molecule has 0 aliphatic heterocycles. The van der Waals surface area contributed by atoms with Crippen molar-refractivity contribution in [2.75, 3.05) is 11.1 Å². The van der Waals surface area contributed by atoms with Crippen molar-refractivity contribution in [2.24, 2.45) is 0 Å². The number of phenolic OH excluding ortho intramolecular Hbond substituents is 1. The fourth-order valence-electron chi connectivity index (χ4n) is 3.80. The number of aromatic hydroxyl groups is 1. The number of carbonyl (C=O) groups excluding carboxylic acids is 3. The van der Waals surface area contributed by atoms with Crippen molar-refractivity contribution >= 4 is 47.8 Å². The third-order valence-corrected chi connectivity index (χ3v) is 6.22. The Hall–Kier alpha value is -2.91. The van der Waals surface area contributed by atoms with Crippen molar-refractivity contribution in [3.8, 4) is 5.75 Å². The molecule has 0 bridgehead atoms. The van der Waals surface area contributed by atoms with E-state index in [-0.39, 0.29) is 17.1 Å². The summed E-state index contributed by atoms with van der Waals surface area (Å²) in [6.07, 6.45) is -0.783. The van der Waals surface area contributed by atoms with E-state index in [1.54, 1.807) is 84.9 Å². The van der Waals surface area contributed by atoms with Gasteiger partial charge in [-0.3, -0.25) is 9.59 Å². The maximum Gasteiger partial charge on any atom is 0.408 e. The number of nitrogens with zero attached hydrogens (tertiary/aromatic N) is 1. The molecular formula is C27H36ClN3O5S. The molecule has 0 saturated carbocycles. The first-order valence-electron chi connectivity index (χ1n) is 11.9. The molecule has 2 unspecified atom stereocenters. The third kappa shape index (κ3) is 7.79. The Labute approximate surface area is 229 Å². The maximum absolute atomic E-state index is 13.8. The number of phenols is 1. The summed E-state index contributed by atoms with van der Waals surface area (Å²) in [4.78, 5) is 41.5. The van der Waals surface area contributed by atoms with Crippen LogP contribution in [-0.2, 0) is 14.3 Å². The molecule has 2 atom stereocenters. The summed E-state index contributed by atoms with van der Waals surface area (Å²) in [7, 11) is 0. The van der Waals surface area contributed by atoms with Crippen LogP contribution in [0.5, 0.6) is 5.75 Å². The van der Waals surface area contributed by atoms with Crippen molar-refractivity contribution in [3.05, 3.63) is 58.1 Å². The monoisotopic (exact) mass is 549 g/mol. The molecular weight excluding hydrogens is 514 g/mol. The molecule has 202 valence electrons. The number of benzene rings is 2. The largest absolute Gasteiger partial charge is 0.507 e. The Bertz CT molecular complexity index is 1130. The van der Waals surface area contributed by atoms with Gasteiger partial charge in [-0.1, -0.05) is 41.9 Å². The zero-order valence-corrected chi connectivity index (χ0v) is 23.9. The fourth-order valence-corrected chi connectivity index (χ4v) is 4.31. The highest BCUT2D eigenvalue weighted by atomic mass is 35.5. The lowest BCUT2D eigenvalue weighted by Crippen LogP contribution is -2.55. The quantitative estimate of drug-likeness (QED) is 0.330. The second kappa shape index (κ2) is 12.6. The Morgan fingerprint density at radius 2 is 1.68 bits per heavy atom. The lowest BCUT2D eigenvalue weighted by Gasteiger charge is -2.37. The average Bonchev–Trinajstić information content (AvgIpc) is 2.78. The van der Waals surface area contributed by atoms with E-state index < -0.39 is 41.6 Å². The van der Waals surface area contributed by atoms with Crippen LogP contribution in [0, 0.1) is 13.8 Å². The van der Waals surface area contributed by atoms with E-state index in [4.69, 9.17) is 16.3 Å². The predicted molar refractivity (Wildman–Crippen MR) is 149 cm³/mol. The number of anilines is 1. The van der Waals surface area contributed by atoms with E-state index in [1.807, 2.05) is 0 Å². The smallest absolute Gasteiger partial charge is 0.408 e. The highest BCUT2D eigenvalue weighted by molar-refractivity contribution is 7.80. The lowest BCUT2D eigenvalue weighted by atomic mass is 9.98. The third-order valence-electron chi connectivity index (χ3n) is 5.54. The van der Waals surface area contributed by atoms with Gasteiger partial charge in [-0.05, 0) is 65.7 Å². The summed E-state index contributed by atoms with van der Waals surface area (Å²) < 4.78 is 5.30. The molecule has 0 fully saturated rings. The van der Waals surface area contributed by atoms with Crippen LogP contribution >= 0.6 is 24.2 Å². The Balaban J connectivity index is 2.57. The van der Waals surface area contributed by atoms with Crippen LogP contribution in [-0.4, -0.2) is 51.4 Å². The van der Waals surface area contributed by atoms with Gasteiger partial charge in [-0.2, -0.15) is 12.6 Å². The summed E-state index contributed by atoms with van der Waals surface area (Å²) in [6.45, 7) is 12.1. The molecule has 0 aliphatic rings. The molecule has 0 heterocycles. The molecule has 3 amide bonds. The minimum absolute atomic E-state index is 0.0426. The summed E-state index contributed by atoms with van der Waals surface area (Å²) >= 11 is 10.6. The van der Waals surface area contributed by atoms with Crippen LogP contribution in [0.15, 0.2) is 36.4 Å². The van der Waals surface area contributed by atoms with Gasteiger partial charge in [0, 0.05) is 17.4 Å². The van der Waals surface area contributed by atoms with Crippen LogP contribution in [0.1, 0.15) is 57.4 Å². The molecule has 10 heteroatoms. The first-order valence-corrected chi connectivity index (χ1v) is 13.0. The van der Waals surface area contributed by atoms with Gasteiger partial charge >= 0.3 is 6.09 Å². The number of alkyl carbamates (subject to hydrolysis) is 1. The fraction of sp³-hybridized carbons (Fsp3) is 0.444.